The second kappa shape index (κ2) is 5.08. The summed E-state index contributed by atoms with van der Waals surface area (Å²) in [7, 11) is 0. The van der Waals surface area contributed by atoms with Gasteiger partial charge < -0.3 is 0 Å². The number of H-pyrrole nitrogens is 1. The molecule has 0 unspecified atom stereocenters. The van der Waals surface area contributed by atoms with Crippen LogP contribution in [0.15, 0.2) is 24.5 Å². The Hall–Kier alpha value is -1.77. The van der Waals surface area contributed by atoms with Crippen molar-refractivity contribution in [3.63, 3.8) is 0 Å². The van der Waals surface area contributed by atoms with Crippen molar-refractivity contribution in [2.75, 3.05) is 0 Å². The molecular weight excluding hydrogens is 284 g/mol. The zero-order chi connectivity index (χ0) is 14.0. The summed E-state index contributed by atoms with van der Waals surface area (Å²) in [5.41, 5.74) is 0.451. The van der Waals surface area contributed by atoms with Gasteiger partial charge in [0.05, 0.1) is 6.54 Å². The maximum Gasteiger partial charge on any atom is 0.325 e. The van der Waals surface area contributed by atoms with E-state index in [0.29, 0.717) is 5.56 Å². The second-order valence-electron chi connectivity index (χ2n) is 3.74. The number of pyridine rings is 1. The Kier molecular flexibility index (Phi) is 3.65. The van der Waals surface area contributed by atoms with E-state index in [-0.39, 0.29) is 10.6 Å². The number of rotatable bonds is 4. The van der Waals surface area contributed by atoms with E-state index in [1.165, 1.54) is 24.5 Å². The molecule has 2 rings (SSSR count). The number of hydrogen-bond acceptors (Lipinski definition) is 3. The van der Waals surface area contributed by atoms with Crippen molar-refractivity contribution >= 4 is 12.2 Å². The maximum atomic E-state index is 13.1. The summed E-state index contributed by atoms with van der Waals surface area (Å²) in [6.07, 6.45) is -0.903. The second-order valence-corrected chi connectivity index (χ2v) is 4.12. The lowest BCUT2D eigenvalue weighted by Gasteiger charge is -2.16. The predicted octanol–water partition coefficient (Wildman–Crippen LogP) is 2.90. The third-order valence-corrected chi connectivity index (χ3v) is 2.70. The van der Waals surface area contributed by atoms with E-state index in [0.717, 1.165) is 4.57 Å². The molecule has 0 radical (unpaired) electrons. The summed E-state index contributed by atoms with van der Waals surface area (Å²) in [6.45, 7) is -1.24. The Morgan fingerprint density at radius 3 is 2.53 bits per heavy atom. The van der Waals surface area contributed by atoms with Crippen molar-refractivity contribution in [2.45, 2.75) is 18.9 Å². The SMILES string of the molecule is FC(F)C(F)(F)Cn1c(-c2ccncc2)n[nH]c1=S. The first-order valence-electron chi connectivity index (χ1n) is 5.13. The van der Waals surface area contributed by atoms with Crippen LogP contribution in [0.3, 0.4) is 0 Å². The fraction of sp³-hybridized carbons (Fsp3) is 0.300. The Bertz CT molecular complexity index is 607. The highest BCUT2D eigenvalue weighted by atomic mass is 32.1. The summed E-state index contributed by atoms with van der Waals surface area (Å²) in [4.78, 5) is 3.77. The first kappa shape index (κ1) is 13.7. The van der Waals surface area contributed by atoms with E-state index < -0.39 is 18.9 Å². The first-order chi connectivity index (χ1) is 8.92. The minimum absolute atomic E-state index is 0.0627. The normalized spacial score (nSPS) is 12.1. The lowest BCUT2D eigenvalue weighted by atomic mass is 10.2. The van der Waals surface area contributed by atoms with Gasteiger partial charge in [-0.05, 0) is 24.4 Å². The molecule has 0 saturated carbocycles. The molecule has 0 saturated heterocycles. The highest BCUT2D eigenvalue weighted by molar-refractivity contribution is 7.71. The fourth-order valence-electron chi connectivity index (χ4n) is 1.47. The number of halogens is 4. The van der Waals surface area contributed by atoms with Crippen LogP contribution in [-0.4, -0.2) is 32.1 Å². The Morgan fingerprint density at radius 2 is 1.95 bits per heavy atom. The van der Waals surface area contributed by atoms with Crippen LogP contribution in [-0.2, 0) is 6.54 Å². The van der Waals surface area contributed by atoms with E-state index in [9.17, 15) is 17.6 Å². The van der Waals surface area contributed by atoms with Crippen molar-refractivity contribution in [3.05, 3.63) is 29.3 Å². The number of aromatic nitrogens is 4. The summed E-state index contributed by atoms with van der Waals surface area (Å²) in [6, 6.07) is 3.03. The van der Waals surface area contributed by atoms with Crippen molar-refractivity contribution in [2.24, 2.45) is 0 Å². The zero-order valence-corrected chi connectivity index (χ0v) is 10.2. The van der Waals surface area contributed by atoms with Crippen molar-refractivity contribution in [1.29, 1.82) is 0 Å². The lowest BCUT2D eigenvalue weighted by molar-refractivity contribution is -0.137. The van der Waals surface area contributed by atoms with Crippen molar-refractivity contribution in [3.8, 4) is 11.4 Å². The summed E-state index contributed by atoms with van der Waals surface area (Å²) < 4.78 is 51.4. The molecule has 0 aliphatic heterocycles. The molecule has 0 aromatic carbocycles. The molecular formula is C10H8F4N4S. The maximum absolute atomic E-state index is 13.1. The van der Waals surface area contributed by atoms with E-state index in [4.69, 9.17) is 12.2 Å². The number of nitrogens with one attached hydrogen (secondary N) is 1. The van der Waals surface area contributed by atoms with Gasteiger partial charge in [0.2, 0.25) is 0 Å². The number of aromatic amines is 1. The Labute approximate surface area is 110 Å². The molecule has 0 aliphatic carbocycles. The van der Waals surface area contributed by atoms with Gasteiger partial charge in [-0.3, -0.25) is 14.6 Å². The fourth-order valence-corrected chi connectivity index (χ4v) is 1.66. The van der Waals surface area contributed by atoms with Crippen LogP contribution < -0.4 is 0 Å². The van der Waals surface area contributed by atoms with E-state index >= 15 is 0 Å². The molecule has 0 atom stereocenters. The van der Waals surface area contributed by atoms with E-state index in [2.05, 4.69) is 15.2 Å². The standard InChI is InChI=1S/C10H8F4N4S/c11-8(12)10(13,14)5-18-7(16-17-9(18)19)6-1-3-15-4-2-6/h1-4,8H,5H2,(H,17,19). The van der Waals surface area contributed by atoms with Gasteiger partial charge in [0, 0.05) is 18.0 Å². The lowest BCUT2D eigenvalue weighted by Crippen LogP contribution is -2.32. The largest absolute Gasteiger partial charge is 0.325 e. The molecule has 9 heteroatoms. The van der Waals surface area contributed by atoms with Crippen LogP contribution in [0.2, 0.25) is 0 Å². The van der Waals surface area contributed by atoms with Crippen molar-refractivity contribution in [1.82, 2.24) is 19.7 Å². The summed E-state index contributed by atoms with van der Waals surface area (Å²) in [5, 5.41) is 6.08. The third-order valence-electron chi connectivity index (χ3n) is 2.38. The molecule has 2 aromatic heterocycles. The number of hydrogen-bond donors (Lipinski definition) is 1. The monoisotopic (exact) mass is 292 g/mol. The summed E-state index contributed by atoms with van der Waals surface area (Å²) >= 11 is 4.78. The van der Waals surface area contributed by atoms with Gasteiger partial charge in [-0.15, -0.1) is 0 Å². The molecule has 2 aromatic rings. The van der Waals surface area contributed by atoms with Gasteiger partial charge >= 0.3 is 12.3 Å². The molecule has 4 nitrogen and oxygen atoms in total. The summed E-state index contributed by atoms with van der Waals surface area (Å²) in [5.74, 6) is -4.11. The molecule has 0 aliphatic rings. The number of alkyl halides is 4. The van der Waals surface area contributed by atoms with Crippen LogP contribution in [0.4, 0.5) is 17.6 Å². The van der Waals surface area contributed by atoms with Crippen LogP contribution in [0.25, 0.3) is 11.4 Å². The van der Waals surface area contributed by atoms with Gasteiger partial charge in [-0.1, -0.05) is 0 Å². The predicted molar refractivity (Wildman–Crippen MR) is 61.6 cm³/mol. The van der Waals surface area contributed by atoms with Gasteiger partial charge in [0.1, 0.15) is 0 Å². The topological polar surface area (TPSA) is 46.5 Å². The quantitative estimate of drug-likeness (QED) is 0.696. The number of nitrogens with zero attached hydrogens (tertiary/aromatic N) is 3. The minimum atomic E-state index is -4.18. The smallest absolute Gasteiger partial charge is 0.294 e. The molecule has 1 N–H and O–H groups in total. The molecule has 0 spiro atoms. The van der Waals surface area contributed by atoms with Crippen LogP contribution >= 0.6 is 12.2 Å². The Balaban J connectivity index is 2.42. The highest BCUT2D eigenvalue weighted by Gasteiger charge is 2.41. The third kappa shape index (κ3) is 2.80. The minimum Gasteiger partial charge on any atom is -0.294 e. The van der Waals surface area contributed by atoms with E-state index in [1.54, 1.807) is 0 Å². The Morgan fingerprint density at radius 1 is 1.32 bits per heavy atom. The highest BCUT2D eigenvalue weighted by Crippen LogP contribution is 2.27. The van der Waals surface area contributed by atoms with Crippen LogP contribution in [0.1, 0.15) is 0 Å². The molecule has 2 heterocycles. The van der Waals surface area contributed by atoms with Crippen LogP contribution in [0, 0.1) is 4.77 Å². The molecule has 0 fully saturated rings. The average molecular weight is 292 g/mol. The molecule has 0 amide bonds. The van der Waals surface area contributed by atoms with E-state index in [1.807, 2.05) is 0 Å². The molecule has 102 valence electrons. The molecule has 19 heavy (non-hydrogen) atoms. The zero-order valence-electron chi connectivity index (χ0n) is 9.36. The van der Waals surface area contributed by atoms with Gasteiger partial charge in [-0.25, -0.2) is 8.78 Å². The molecule has 0 bridgehead atoms. The van der Waals surface area contributed by atoms with Crippen LogP contribution in [0.5, 0.6) is 0 Å². The average Bonchev–Trinajstić information content (AvgIpc) is 2.71. The van der Waals surface area contributed by atoms with Gasteiger partial charge in [-0.2, -0.15) is 13.9 Å². The van der Waals surface area contributed by atoms with Crippen molar-refractivity contribution < 1.29 is 17.6 Å². The van der Waals surface area contributed by atoms with Gasteiger partial charge in [0.25, 0.3) is 0 Å². The first-order valence-corrected chi connectivity index (χ1v) is 5.54. The van der Waals surface area contributed by atoms with Gasteiger partial charge in [0.15, 0.2) is 10.6 Å².